The van der Waals surface area contributed by atoms with Crippen molar-refractivity contribution in [2.75, 3.05) is 0 Å². The van der Waals surface area contributed by atoms with Crippen LogP contribution in [0.5, 0.6) is 0 Å². The van der Waals surface area contributed by atoms with Gasteiger partial charge in [-0.25, -0.2) is 4.98 Å². The topological polar surface area (TPSA) is 31.0 Å². The van der Waals surface area contributed by atoms with E-state index in [2.05, 4.69) is 193 Å². The van der Waals surface area contributed by atoms with Crippen molar-refractivity contribution in [3.8, 4) is 50.5 Å². The van der Waals surface area contributed by atoms with Gasteiger partial charge in [0.1, 0.15) is 17.0 Å². The molecule has 0 aliphatic heterocycles. The highest BCUT2D eigenvalue weighted by molar-refractivity contribution is 6.12. The van der Waals surface area contributed by atoms with E-state index in [9.17, 15) is 0 Å². The number of imidazole rings is 1. The van der Waals surface area contributed by atoms with Gasteiger partial charge in [-0.05, 0) is 116 Å². The maximum atomic E-state index is 6.83. The first-order valence-corrected chi connectivity index (χ1v) is 18.4. The molecule has 2 aromatic heterocycles. The molecule has 0 fully saturated rings. The largest absolute Gasteiger partial charge is 0.455 e. The molecule has 0 saturated heterocycles. The molecule has 252 valence electrons. The molecule has 0 N–H and O–H groups in total. The third kappa shape index (κ3) is 5.02. The lowest BCUT2D eigenvalue weighted by Gasteiger charge is -2.12. The molecule has 0 atom stereocenters. The average molecular weight is 689 g/mol. The summed E-state index contributed by atoms with van der Waals surface area (Å²) in [5.74, 6) is 0.899. The van der Waals surface area contributed by atoms with Gasteiger partial charge in [-0.2, -0.15) is 0 Å². The SMILES string of the molecule is c1ccc(-n2c(-c3cccc(-c4cc(-c5ccc6ccccc6c5)cc5c4oc4ccc(-c6ccc7ccccc7c6)cc45)c3)nc3ccccc32)cc1. The Hall–Kier alpha value is -7.23. The second-order valence-corrected chi connectivity index (χ2v) is 14.0. The minimum atomic E-state index is 0.869. The highest BCUT2D eigenvalue weighted by atomic mass is 16.3. The number of para-hydroxylation sites is 3. The maximum Gasteiger partial charge on any atom is 0.145 e. The molecule has 0 bridgehead atoms. The van der Waals surface area contributed by atoms with Crippen molar-refractivity contribution in [2.45, 2.75) is 0 Å². The number of rotatable bonds is 5. The lowest BCUT2D eigenvalue weighted by atomic mass is 9.93. The molecular weight excluding hydrogens is 657 g/mol. The third-order valence-electron chi connectivity index (χ3n) is 10.7. The van der Waals surface area contributed by atoms with Crippen LogP contribution < -0.4 is 0 Å². The fourth-order valence-corrected chi connectivity index (χ4v) is 8.06. The van der Waals surface area contributed by atoms with Gasteiger partial charge in [0.25, 0.3) is 0 Å². The normalized spacial score (nSPS) is 11.7. The van der Waals surface area contributed by atoms with Crippen LogP contribution in [0.2, 0.25) is 0 Å². The van der Waals surface area contributed by atoms with Crippen molar-refractivity contribution in [1.82, 2.24) is 9.55 Å². The Morgan fingerprint density at radius 3 is 1.78 bits per heavy atom. The lowest BCUT2D eigenvalue weighted by molar-refractivity contribution is 0.670. The number of fused-ring (bicyclic) bond motifs is 6. The highest BCUT2D eigenvalue weighted by Gasteiger charge is 2.19. The molecule has 0 unspecified atom stereocenters. The van der Waals surface area contributed by atoms with E-state index in [0.717, 1.165) is 72.3 Å². The van der Waals surface area contributed by atoms with E-state index in [1.807, 2.05) is 6.07 Å². The molecule has 2 heterocycles. The predicted molar refractivity (Wildman–Crippen MR) is 225 cm³/mol. The van der Waals surface area contributed by atoms with Gasteiger partial charge < -0.3 is 4.42 Å². The maximum absolute atomic E-state index is 6.83. The fourth-order valence-electron chi connectivity index (χ4n) is 8.06. The number of nitrogens with zero attached hydrogens (tertiary/aromatic N) is 2. The molecule has 0 amide bonds. The number of hydrogen-bond acceptors (Lipinski definition) is 2. The van der Waals surface area contributed by atoms with Gasteiger partial charge in [0.15, 0.2) is 0 Å². The summed E-state index contributed by atoms with van der Waals surface area (Å²) in [5, 5.41) is 7.10. The van der Waals surface area contributed by atoms with Crippen molar-refractivity contribution in [2.24, 2.45) is 0 Å². The molecule has 11 rings (SSSR count). The van der Waals surface area contributed by atoms with Gasteiger partial charge >= 0.3 is 0 Å². The molecule has 0 saturated carbocycles. The van der Waals surface area contributed by atoms with Crippen LogP contribution in [0.3, 0.4) is 0 Å². The van der Waals surface area contributed by atoms with Crippen LogP contribution >= 0.6 is 0 Å². The summed E-state index contributed by atoms with van der Waals surface area (Å²) in [6, 6.07) is 69.2. The number of aromatic nitrogens is 2. The van der Waals surface area contributed by atoms with Crippen LogP contribution in [-0.4, -0.2) is 9.55 Å². The van der Waals surface area contributed by atoms with E-state index >= 15 is 0 Å². The average Bonchev–Trinajstić information content (AvgIpc) is 3.82. The van der Waals surface area contributed by atoms with E-state index in [1.165, 1.54) is 32.7 Å². The Morgan fingerprint density at radius 2 is 1.00 bits per heavy atom. The van der Waals surface area contributed by atoms with E-state index in [1.54, 1.807) is 0 Å². The minimum Gasteiger partial charge on any atom is -0.455 e. The molecule has 11 aromatic rings. The quantitative estimate of drug-likeness (QED) is 0.180. The summed E-state index contributed by atoms with van der Waals surface area (Å²) in [6.45, 7) is 0. The van der Waals surface area contributed by atoms with Crippen LogP contribution in [0, 0.1) is 0 Å². The summed E-state index contributed by atoms with van der Waals surface area (Å²) >= 11 is 0. The summed E-state index contributed by atoms with van der Waals surface area (Å²) < 4.78 is 9.08. The molecule has 0 aliphatic carbocycles. The first-order chi connectivity index (χ1) is 26.7. The Kier molecular flexibility index (Phi) is 6.86. The van der Waals surface area contributed by atoms with Crippen molar-refractivity contribution in [1.29, 1.82) is 0 Å². The zero-order valence-electron chi connectivity index (χ0n) is 29.3. The second kappa shape index (κ2) is 12.2. The molecule has 0 spiro atoms. The standard InChI is InChI=1S/C51H32N2O/c1-2-17-43(18-3-1)53-48-20-9-8-19-47(48)52-51(53)41-16-10-15-40(29-41)44-31-42(38-24-22-34-12-5-7-14-36(34)28-38)32-46-45-30-39(25-26-49(45)54-50(44)46)37-23-21-33-11-4-6-13-35(33)27-37/h1-32H. The first-order valence-electron chi connectivity index (χ1n) is 18.4. The summed E-state index contributed by atoms with van der Waals surface area (Å²) in [7, 11) is 0. The summed E-state index contributed by atoms with van der Waals surface area (Å²) in [4.78, 5) is 5.18. The van der Waals surface area contributed by atoms with Crippen LogP contribution in [-0.2, 0) is 0 Å². The molecular formula is C51H32N2O. The van der Waals surface area contributed by atoms with Crippen LogP contribution in [0.4, 0.5) is 0 Å². The Bertz CT molecular complexity index is 3220. The minimum absolute atomic E-state index is 0.869. The van der Waals surface area contributed by atoms with Gasteiger partial charge in [-0.1, -0.05) is 127 Å². The van der Waals surface area contributed by atoms with Gasteiger partial charge in [-0.15, -0.1) is 0 Å². The Balaban J connectivity index is 1.13. The molecule has 3 nitrogen and oxygen atoms in total. The predicted octanol–water partition coefficient (Wildman–Crippen LogP) is 13.9. The second-order valence-electron chi connectivity index (χ2n) is 14.0. The highest BCUT2D eigenvalue weighted by Crippen LogP contribution is 2.42. The first kappa shape index (κ1) is 30.4. The molecule has 54 heavy (non-hydrogen) atoms. The van der Waals surface area contributed by atoms with Crippen molar-refractivity contribution in [3.63, 3.8) is 0 Å². The zero-order chi connectivity index (χ0) is 35.6. The number of furan rings is 1. The molecule has 0 aliphatic rings. The van der Waals surface area contributed by atoms with Crippen LogP contribution in [0.15, 0.2) is 199 Å². The van der Waals surface area contributed by atoms with Gasteiger partial charge in [0, 0.05) is 27.6 Å². The summed E-state index contributed by atoms with van der Waals surface area (Å²) in [6.07, 6.45) is 0. The van der Waals surface area contributed by atoms with Crippen LogP contribution in [0.1, 0.15) is 0 Å². The Labute approximate surface area is 312 Å². The fraction of sp³-hybridized carbons (Fsp3) is 0. The summed E-state index contributed by atoms with van der Waals surface area (Å²) in [5.41, 5.74) is 12.7. The monoisotopic (exact) mass is 688 g/mol. The van der Waals surface area contributed by atoms with Gasteiger partial charge in [0.05, 0.1) is 11.0 Å². The van der Waals surface area contributed by atoms with Crippen molar-refractivity contribution < 1.29 is 4.42 Å². The lowest BCUT2D eigenvalue weighted by Crippen LogP contribution is -1.97. The van der Waals surface area contributed by atoms with E-state index in [-0.39, 0.29) is 0 Å². The number of benzene rings is 9. The number of hydrogen-bond donors (Lipinski definition) is 0. The van der Waals surface area contributed by atoms with Crippen molar-refractivity contribution in [3.05, 3.63) is 194 Å². The molecule has 3 heteroatoms. The van der Waals surface area contributed by atoms with Crippen LogP contribution in [0.25, 0.3) is 105 Å². The third-order valence-corrected chi connectivity index (χ3v) is 10.7. The molecule has 9 aromatic carbocycles. The van der Waals surface area contributed by atoms with E-state index < -0.39 is 0 Å². The Morgan fingerprint density at radius 1 is 0.389 bits per heavy atom. The van der Waals surface area contributed by atoms with E-state index in [0.29, 0.717) is 0 Å². The van der Waals surface area contributed by atoms with Crippen molar-refractivity contribution >= 4 is 54.5 Å². The smallest absolute Gasteiger partial charge is 0.145 e. The van der Waals surface area contributed by atoms with Gasteiger partial charge in [0.2, 0.25) is 0 Å². The zero-order valence-corrected chi connectivity index (χ0v) is 29.3. The molecule has 0 radical (unpaired) electrons. The van der Waals surface area contributed by atoms with E-state index in [4.69, 9.17) is 9.40 Å². The van der Waals surface area contributed by atoms with Gasteiger partial charge in [-0.3, -0.25) is 4.57 Å².